The third-order valence-corrected chi connectivity index (χ3v) is 5.10. The number of rotatable bonds is 4. The van der Waals surface area contributed by atoms with Crippen LogP contribution in [0.5, 0.6) is 5.88 Å². The molecule has 0 unspecified atom stereocenters. The van der Waals surface area contributed by atoms with Gasteiger partial charge in [-0.1, -0.05) is 6.92 Å². The lowest BCUT2D eigenvalue weighted by atomic mass is 10.1. The molecule has 0 spiro atoms. The van der Waals surface area contributed by atoms with Crippen LogP contribution in [-0.2, 0) is 6.42 Å². The average Bonchev–Trinajstić information content (AvgIpc) is 2.92. The van der Waals surface area contributed by atoms with E-state index in [0.29, 0.717) is 5.95 Å². The highest BCUT2D eigenvalue weighted by Gasteiger charge is 2.21. The Hall–Kier alpha value is -1.40. The molecule has 1 saturated heterocycles. The van der Waals surface area contributed by atoms with Crippen LogP contribution in [0.25, 0.3) is 10.2 Å². The Morgan fingerprint density at radius 1 is 1.38 bits per heavy atom. The summed E-state index contributed by atoms with van der Waals surface area (Å²) in [6, 6.07) is 2.17. The second kappa shape index (κ2) is 6.15. The average molecular weight is 306 g/mol. The predicted octanol–water partition coefficient (Wildman–Crippen LogP) is 2.77. The minimum absolute atomic E-state index is 0.258. The minimum atomic E-state index is 0.258. The first-order valence-electron chi connectivity index (χ1n) is 7.53. The number of hydrogen-bond donors (Lipinski definition) is 1. The summed E-state index contributed by atoms with van der Waals surface area (Å²) in [5, 5.41) is 4.08. The molecule has 21 heavy (non-hydrogen) atoms. The van der Waals surface area contributed by atoms with Gasteiger partial charge in [-0.15, -0.1) is 11.3 Å². The zero-order chi connectivity index (χ0) is 14.8. The molecule has 0 saturated carbocycles. The molecule has 0 bridgehead atoms. The summed E-state index contributed by atoms with van der Waals surface area (Å²) in [7, 11) is 4.00. The number of fused-ring (bicyclic) bond motifs is 1. The van der Waals surface area contributed by atoms with Crippen LogP contribution in [0.1, 0.15) is 24.6 Å². The van der Waals surface area contributed by atoms with E-state index in [-0.39, 0.29) is 6.10 Å². The number of hydrogen-bond acceptors (Lipinski definition) is 6. The van der Waals surface area contributed by atoms with Gasteiger partial charge in [0.1, 0.15) is 10.9 Å². The molecular weight excluding hydrogens is 284 g/mol. The van der Waals surface area contributed by atoms with Crippen molar-refractivity contribution in [2.75, 3.05) is 32.5 Å². The van der Waals surface area contributed by atoms with Gasteiger partial charge >= 0.3 is 0 Å². The molecule has 1 aliphatic heterocycles. The highest BCUT2D eigenvalue weighted by Crippen LogP contribution is 2.33. The van der Waals surface area contributed by atoms with Crippen LogP contribution in [0.4, 0.5) is 5.95 Å². The Labute approximate surface area is 129 Å². The Kier molecular flexibility index (Phi) is 4.26. The molecule has 3 rings (SSSR count). The molecule has 0 amide bonds. The minimum Gasteiger partial charge on any atom is -0.474 e. The van der Waals surface area contributed by atoms with Gasteiger partial charge in [-0.2, -0.15) is 4.98 Å². The first-order valence-corrected chi connectivity index (χ1v) is 8.34. The molecule has 5 nitrogen and oxygen atoms in total. The first kappa shape index (κ1) is 14.5. The predicted molar refractivity (Wildman–Crippen MR) is 87.5 cm³/mol. The van der Waals surface area contributed by atoms with E-state index in [2.05, 4.69) is 40.2 Å². The number of aryl methyl sites for hydroxylation is 1. The summed E-state index contributed by atoms with van der Waals surface area (Å²) < 4.78 is 6.21. The molecule has 1 aliphatic rings. The lowest BCUT2D eigenvalue weighted by Gasteiger charge is -2.29. The fraction of sp³-hybridized carbons (Fsp3) is 0.600. The molecule has 0 radical (unpaired) electrons. The highest BCUT2D eigenvalue weighted by molar-refractivity contribution is 7.18. The Morgan fingerprint density at radius 2 is 2.14 bits per heavy atom. The van der Waals surface area contributed by atoms with E-state index in [1.807, 2.05) is 7.05 Å². The maximum atomic E-state index is 6.21. The van der Waals surface area contributed by atoms with E-state index in [1.54, 1.807) is 11.3 Å². The third kappa shape index (κ3) is 3.11. The first-order chi connectivity index (χ1) is 10.2. The summed E-state index contributed by atoms with van der Waals surface area (Å²) in [6.07, 6.45) is 3.39. The number of thiophene rings is 1. The Bertz CT molecular complexity index is 619. The molecule has 0 atom stereocenters. The normalized spacial score (nSPS) is 17.3. The van der Waals surface area contributed by atoms with Gasteiger partial charge < -0.3 is 15.0 Å². The molecule has 0 aromatic carbocycles. The van der Waals surface area contributed by atoms with Gasteiger partial charge in [0.15, 0.2) is 0 Å². The van der Waals surface area contributed by atoms with Crippen molar-refractivity contribution < 1.29 is 4.74 Å². The zero-order valence-electron chi connectivity index (χ0n) is 12.8. The fourth-order valence-corrected chi connectivity index (χ4v) is 3.54. The Morgan fingerprint density at radius 3 is 2.81 bits per heavy atom. The second-order valence-electron chi connectivity index (χ2n) is 5.51. The summed E-state index contributed by atoms with van der Waals surface area (Å²) >= 11 is 1.72. The van der Waals surface area contributed by atoms with Crippen molar-refractivity contribution in [1.82, 2.24) is 14.9 Å². The summed E-state index contributed by atoms with van der Waals surface area (Å²) in [5.74, 6) is 1.37. The van der Waals surface area contributed by atoms with Gasteiger partial charge in [0.25, 0.3) is 0 Å². The monoisotopic (exact) mass is 306 g/mol. The second-order valence-corrected chi connectivity index (χ2v) is 6.62. The molecule has 3 heterocycles. The number of anilines is 1. The van der Waals surface area contributed by atoms with Crippen LogP contribution in [0.3, 0.4) is 0 Å². The van der Waals surface area contributed by atoms with Gasteiger partial charge in [0, 0.05) is 25.0 Å². The van der Waals surface area contributed by atoms with Crippen molar-refractivity contribution >= 4 is 27.5 Å². The number of piperidine rings is 1. The van der Waals surface area contributed by atoms with E-state index < -0.39 is 0 Å². The molecule has 114 valence electrons. The van der Waals surface area contributed by atoms with Gasteiger partial charge in [-0.25, -0.2) is 4.98 Å². The smallest absolute Gasteiger partial charge is 0.227 e. The quantitative estimate of drug-likeness (QED) is 0.941. The SMILES string of the molecule is CCc1cc2c(OC3CCN(C)CC3)nc(NC)nc2s1. The van der Waals surface area contributed by atoms with Gasteiger partial charge in [0.2, 0.25) is 11.8 Å². The summed E-state index contributed by atoms with van der Waals surface area (Å²) in [6.45, 7) is 4.33. The lowest BCUT2D eigenvalue weighted by molar-refractivity contribution is 0.111. The molecule has 6 heteroatoms. The fourth-order valence-electron chi connectivity index (χ4n) is 2.58. The van der Waals surface area contributed by atoms with Crippen LogP contribution in [0.15, 0.2) is 6.07 Å². The number of nitrogens with one attached hydrogen (secondary N) is 1. The topological polar surface area (TPSA) is 50.3 Å². The maximum absolute atomic E-state index is 6.21. The molecule has 0 aliphatic carbocycles. The number of aromatic nitrogens is 2. The van der Waals surface area contributed by atoms with E-state index >= 15 is 0 Å². The van der Waals surface area contributed by atoms with Crippen LogP contribution in [-0.4, -0.2) is 48.2 Å². The molecule has 1 fully saturated rings. The highest BCUT2D eigenvalue weighted by atomic mass is 32.1. The molecule has 2 aromatic rings. The third-order valence-electron chi connectivity index (χ3n) is 3.92. The molecule has 1 N–H and O–H groups in total. The van der Waals surface area contributed by atoms with E-state index in [9.17, 15) is 0 Å². The summed E-state index contributed by atoms with van der Waals surface area (Å²) in [4.78, 5) is 13.7. The van der Waals surface area contributed by atoms with E-state index in [4.69, 9.17) is 4.74 Å². The zero-order valence-corrected chi connectivity index (χ0v) is 13.7. The van der Waals surface area contributed by atoms with Crippen molar-refractivity contribution in [2.24, 2.45) is 0 Å². The van der Waals surface area contributed by atoms with Crippen molar-refractivity contribution in [3.05, 3.63) is 10.9 Å². The standard InChI is InChI=1S/C15H22N4OS/c1-4-11-9-12-13(17-15(16-2)18-14(12)21-11)20-10-5-7-19(3)8-6-10/h9-10H,4-8H2,1-3H3,(H,16,17,18). The lowest BCUT2D eigenvalue weighted by Crippen LogP contribution is -2.35. The van der Waals surface area contributed by atoms with Crippen LogP contribution < -0.4 is 10.1 Å². The van der Waals surface area contributed by atoms with Crippen molar-refractivity contribution in [2.45, 2.75) is 32.3 Å². The van der Waals surface area contributed by atoms with E-state index in [1.165, 1.54) is 4.88 Å². The van der Waals surface area contributed by atoms with Gasteiger partial charge in [0.05, 0.1) is 5.39 Å². The van der Waals surface area contributed by atoms with Crippen LogP contribution in [0, 0.1) is 0 Å². The van der Waals surface area contributed by atoms with Gasteiger partial charge in [-0.3, -0.25) is 0 Å². The van der Waals surface area contributed by atoms with Gasteiger partial charge in [-0.05, 0) is 32.4 Å². The van der Waals surface area contributed by atoms with Crippen molar-refractivity contribution in [3.63, 3.8) is 0 Å². The van der Waals surface area contributed by atoms with Crippen LogP contribution in [0.2, 0.25) is 0 Å². The van der Waals surface area contributed by atoms with Crippen molar-refractivity contribution in [3.8, 4) is 5.88 Å². The number of ether oxygens (including phenoxy) is 1. The van der Waals surface area contributed by atoms with Crippen molar-refractivity contribution in [1.29, 1.82) is 0 Å². The molecule has 2 aromatic heterocycles. The van der Waals surface area contributed by atoms with E-state index in [0.717, 1.165) is 48.4 Å². The summed E-state index contributed by atoms with van der Waals surface area (Å²) in [5.41, 5.74) is 0. The van der Waals surface area contributed by atoms with Crippen LogP contribution >= 0.6 is 11.3 Å². The number of likely N-dealkylation sites (tertiary alicyclic amines) is 1. The maximum Gasteiger partial charge on any atom is 0.227 e. The Balaban J connectivity index is 1.90. The largest absolute Gasteiger partial charge is 0.474 e. The molecular formula is C15H22N4OS. The number of nitrogens with zero attached hydrogens (tertiary/aromatic N) is 3.